The number of piperidine rings is 1. The molecule has 1 aliphatic carbocycles. The van der Waals surface area contributed by atoms with Crippen molar-refractivity contribution < 1.29 is 19.0 Å². The highest BCUT2D eigenvalue weighted by atomic mass is 16.6. The molecule has 116 valence electrons. The lowest BCUT2D eigenvalue weighted by molar-refractivity contribution is 0.0206. The minimum Gasteiger partial charge on any atom is -0.490 e. The summed E-state index contributed by atoms with van der Waals surface area (Å²) in [6, 6.07) is 0. The minimum atomic E-state index is -0.453. The number of likely N-dealkylation sites (tertiary alicyclic amines) is 1. The number of carbonyl (C=O) groups excluding carboxylic acids is 1. The molecule has 1 fully saturated rings. The van der Waals surface area contributed by atoms with Crippen LogP contribution in [0.1, 0.15) is 33.6 Å². The van der Waals surface area contributed by atoms with Crippen LogP contribution in [0.15, 0.2) is 23.2 Å². The van der Waals surface area contributed by atoms with Crippen LogP contribution in [-0.4, -0.2) is 42.9 Å². The molecule has 2 heterocycles. The molecule has 1 unspecified atom stereocenters. The molecule has 0 saturated carbocycles. The van der Waals surface area contributed by atoms with Crippen LogP contribution in [0.3, 0.4) is 0 Å². The fourth-order valence-corrected chi connectivity index (χ4v) is 2.95. The van der Waals surface area contributed by atoms with Gasteiger partial charge in [0.25, 0.3) is 0 Å². The van der Waals surface area contributed by atoms with Crippen LogP contribution in [0, 0.1) is 5.92 Å². The number of carbonyl (C=O) groups is 1. The van der Waals surface area contributed by atoms with E-state index in [-0.39, 0.29) is 6.09 Å². The molecule has 5 nitrogen and oxygen atoms in total. The molecule has 0 bridgehead atoms. The van der Waals surface area contributed by atoms with Crippen LogP contribution < -0.4 is 0 Å². The molecule has 0 radical (unpaired) electrons. The molecular formula is C16H23NO4. The first-order chi connectivity index (χ1) is 9.92. The van der Waals surface area contributed by atoms with Gasteiger partial charge in [-0.25, -0.2) is 4.79 Å². The highest BCUT2D eigenvalue weighted by molar-refractivity contribution is 5.69. The van der Waals surface area contributed by atoms with Crippen molar-refractivity contribution in [2.45, 2.75) is 39.2 Å². The summed E-state index contributed by atoms with van der Waals surface area (Å²) in [4.78, 5) is 14.0. The summed E-state index contributed by atoms with van der Waals surface area (Å²) >= 11 is 0. The molecule has 0 aromatic rings. The summed E-state index contributed by atoms with van der Waals surface area (Å²) < 4.78 is 16.8. The number of ether oxygens (including phenoxy) is 3. The fraction of sp³-hybridized carbons (Fsp3) is 0.688. The standard InChI is InChI=1S/C16H23NO4/c1-16(2,3)21-15(18)17-5-4-11-8-13-14(9-12(11)10-17)20-7-6-19-13/h9,11H,4-8,10H2,1-3H3. The molecule has 3 aliphatic rings. The van der Waals surface area contributed by atoms with E-state index in [1.807, 2.05) is 20.8 Å². The SMILES string of the molecule is CC(C)(C)OC(=O)N1CCC2CC3=C(C=C2C1)OCCO3. The smallest absolute Gasteiger partial charge is 0.410 e. The van der Waals surface area contributed by atoms with Gasteiger partial charge in [0.15, 0.2) is 5.76 Å². The summed E-state index contributed by atoms with van der Waals surface area (Å²) in [5.74, 6) is 2.28. The Hall–Kier alpha value is -1.65. The van der Waals surface area contributed by atoms with Gasteiger partial charge in [-0.3, -0.25) is 0 Å². The Morgan fingerprint density at radius 1 is 1.33 bits per heavy atom. The van der Waals surface area contributed by atoms with Crippen molar-refractivity contribution in [3.05, 3.63) is 23.2 Å². The van der Waals surface area contributed by atoms with E-state index in [0.717, 1.165) is 30.9 Å². The van der Waals surface area contributed by atoms with Crippen LogP contribution in [-0.2, 0) is 14.2 Å². The minimum absolute atomic E-state index is 0.234. The van der Waals surface area contributed by atoms with E-state index in [0.29, 0.717) is 25.7 Å². The van der Waals surface area contributed by atoms with Crippen molar-refractivity contribution in [2.24, 2.45) is 5.92 Å². The highest BCUT2D eigenvalue weighted by Gasteiger charge is 2.34. The number of amides is 1. The first-order valence-corrected chi connectivity index (χ1v) is 7.59. The van der Waals surface area contributed by atoms with Gasteiger partial charge in [0.05, 0.1) is 0 Å². The molecular weight excluding hydrogens is 270 g/mol. The van der Waals surface area contributed by atoms with E-state index in [9.17, 15) is 4.79 Å². The van der Waals surface area contributed by atoms with Gasteiger partial charge < -0.3 is 19.1 Å². The van der Waals surface area contributed by atoms with E-state index in [1.165, 1.54) is 5.57 Å². The Morgan fingerprint density at radius 2 is 2.10 bits per heavy atom. The average molecular weight is 293 g/mol. The third-order valence-electron chi connectivity index (χ3n) is 3.94. The lowest BCUT2D eigenvalue weighted by Crippen LogP contribution is -2.43. The van der Waals surface area contributed by atoms with Gasteiger partial charge in [-0.15, -0.1) is 0 Å². The number of rotatable bonds is 0. The monoisotopic (exact) mass is 293 g/mol. The number of nitrogens with zero attached hydrogens (tertiary/aromatic N) is 1. The Kier molecular flexibility index (Phi) is 3.59. The third-order valence-corrected chi connectivity index (χ3v) is 3.94. The molecule has 2 aliphatic heterocycles. The quantitative estimate of drug-likeness (QED) is 0.689. The van der Waals surface area contributed by atoms with E-state index in [1.54, 1.807) is 4.90 Å². The van der Waals surface area contributed by atoms with Gasteiger partial charge >= 0.3 is 6.09 Å². The Labute approximate surface area is 125 Å². The first kappa shape index (κ1) is 14.3. The van der Waals surface area contributed by atoms with Crippen molar-refractivity contribution in [3.63, 3.8) is 0 Å². The van der Waals surface area contributed by atoms with E-state index in [2.05, 4.69) is 6.08 Å². The number of hydrogen-bond acceptors (Lipinski definition) is 4. The van der Waals surface area contributed by atoms with Gasteiger partial charge in [0.1, 0.15) is 24.6 Å². The second-order valence-electron chi connectivity index (χ2n) is 6.80. The Balaban J connectivity index is 1.70. The Morgan fingerprint density at radius 3 is 2.86 bits per heavy atom. The molecule has 0 spiro atoms. The molecule has 21 heavy (non-hydrogen) atoms. The second kappa shape index (κ2) is 5.28. The summed E-state index contributed by atoms with van der Waals surface area (Å²) in [6.07, 6.45) is 3.66. The van der Waals surface area contributed by atoms with Crippen molar-refractivity contribution in [1.82, 2.24) is 4.90 Å². The maximum Gasteiger partial charge on any atom is 0.410 e. The predicted molar refractivity (Wildman–Crippen MR) is 77.5 cm³/mol. The number of hydrogen-bond donors (Lipinski definition) is 0. The molecule has 0 aromatic carbocycles. The van der Waals surface area contributed by atoms with E-state index >= 15 is 0 Å². The molecule has 0 N–H and O–H groups in total. The average Bonchev–Trinajstić information content (AvgIpc) is 2.42. The summed E-state index contributed by atoms with van der Waals surface area (Å²) in [5.41, 5.74) is 0.793. The molecule has 0 aromatic heterocycles. The van der Waals surface area contributed by atoms with Crippen LogP contribution >= 0.6 is 0 Å². The van der Waals surface area contributed by atoms with Crippen LogP contribution in [0.2, 0.25) is 0 Å². The summed E-state index contributed by atoms with van der Waals surface area (Å²) in [6.45, 7) is 8.27. The maximum absolute atomic E-state index is 12.2. The maximum atomic E-state index is 12.2. The van der Waals surface area contributed by atoms with Crippen molar-refractivity contribution in [2.75, 3.05) is 26.3 Å². The lowest BCUT2D eigenvalue weighted by Gasteiger charge is -2.38. The van der Waals surface area contributed by atoms with Gasteiger partial charge in [-0.05, 0) is 44.8 Å². The number of allylic oxidation sites excluding steroid dienone is 2. The normalized spacial score (nSPS) is 25.2. The fourth-order valence-electron chi connectivity index (χ4n) is 2.95. The van der Waals surface area contributed by atoms with Crippen molar-refractivity contribution >= 4 is 6.09 Å². The molecule has 1 amide bonds. The Bertz CT molecular complexity index is 501. The van der Waals surface area contributed by atoms with Gasteiger partial charge in [0.2, 0.25) is 0 Å². The van der Waals surface area contributed by atoms with Crippen molar-refractivity contribution in [1.29, 1.82) is 0 Å². The lowest BCUT2D eigenvalue weighted by atomic mass is 9.84. The zero-order chi connectivity index (χ0) is 15.0. The summed E-state index contributed by atoms with van der Waals surface area (Å²) in [5, 5.41) is 0. The molecule has 3 rings (SSSR count). The van der Waals surface area contributed by atoms with E-state index in [4.69, 9.17) is 14.2 Å². The van der Waals surface area contributed by atoms with Crippen LogP contribution in [0.25, 0.3) is 0 Å². The third kappa shape index (κ3) is 3.17. The zero-order valence-corrected chi connectivity index (χ0v) is 13.0. The second-order valence-corrected chi connectivity index (χ2v) is 6.80. The largest absolute Gasteiger partial charge is 0.490 e. The highest BCUT2D eigenvalue weighted by Crippen LogP contribution is 2.37. The topological polar surface area (TPSA) is 48.0 Å². The van der Waals surface area contributed by atoms with E-state index < -0.39 is 5.60 Å². The molecule has 5 heteroatoms. The van der Waals surface area contributed by atoms with Crippen molar-refractivity contribution in [3.8, 4) is 0 Å². The van der Waals surface area contributed by atoms with Crippen LogP contribution in [0.4, 0.5) is 4.79 Å². The first-order valence-electron chi connectivity index (χ1n) is 7.59. The molecule has 1 atom stereocenters. The predicted octanol–water partition coefficient (Wildman–Crippen LogP) is 2.83. The van der Waals surface area contributed by atoms with Gasteiger partial charge in [0, 0.05) is 19.5 Å². The molecule has 1 saturated heterocycles. The van der Waals surface area contributed by atoms with Crippen LogP contribution in [0.5, 0.6) is 0 Å². The summed E-state index contributed by atoms with van der Waals surface area (Å²) in [7, 11) is 0. The van der Waals surface area contributed by atoms with Gasteiger partial charge in [-0.2, -0.15) is 0 Å². The van der Waals surface area contributed by atoms with Gasteiger partial charge in [-0.1, -0.05) is 0 Å². The number of fused-ring (bicyclic) bond motifs is 1. The zero-order valence-electron chi connectivity index (χ0n) is 13.0.